The Morgan fingerprint density at radius 3 is 2.00 bits per heavy atom. The van der Waals surface area contributed by atoms with Gasteiger partial charge in [-0.05, 0) is 13.8 Å². The van der Waals surface area contributed by atoms with Crippen molar-refractivity contribution in [2.45, 2.75) is 13.8 Å². The van der Waals surface area contributed by atoms with Gasteiger partial charge >= 0.3 is 0 Å². The first-order chi connectivity index (χ1) is 2.81. The normalized spacial score (nSPS) is 9.71. The van der Waals surface area contributed by atoms with Crippen LogP contribution in [-0.2, 0) is 19.5 Å². The second-order valence-corrected chi connectivity index (χ2v) is 1.24. The van der Waals surface area contributed by atoms with Gasteiger partial charge in [-0.25, -0.2) is 0 Å². The topological polar surface area (TPSA) is 0 Å². The molecule has 0 nitrogen and oxygen atoms in total. The molecule has 0 amide bonds. The van der Waals surface area contributed by atoms with Gasteiger partial charge in [0.2, 0.25) is 0 Å². The van der Waals surface area contributed by atoms with Gasteiger partial charge in [-0.1, -0.05) is 24.3 Å². The first kappa shape index (κ1) is 10.2. The largest absolute Gasteiger partial charge is 0.0988 e. The number of hydrogen-bond donors (Lipinski definition) is 0. The Bertz CT molecular complexity index is 72.2. The molecule has 0 aromatic carbocycles. The predicted molar refractivity (Wildman–Crippen MR) is 29.6 cm³/mol. The molecule has 1 heteroatoms. The quantitative estimate of drug-likeness (QED) is 0.431. The third kappa shape index (κ3) is 6.10. The molecule has 0 aromatic heterocycles. The molecule has 0 fully saturated rings. The fourth-order valence-corrected chi connectivity index (χ4v) is 0.118. The zero-order valence-electron chi connectivity index (χ0n) is 4.72. The second kappa shape index (κ2) is 6.10. The molecule has 0 rings (SSSR count). The number of hydrogen-bond acceptors (Lipinski definition) is 0. The molecular formula is C6H10Ru. The molecule has 0 bridgehead atoms. The van der Waals surface area contributed by atoms with E-state index < -0.39 is 0 Å². The maximum atomic E-state index is 3.56. The fraction of sp³-hybridized carbons (Fsp3) is 0.333. The van der Waals surface area contributed by atoms with Crippen LogP contribution >= 0.6 is 0 Å². The third-order valence-corrected chi connectivity index (χ3v) is 0.777. The summed E-state index contributed by atoms with van der Waals surface area (Å²) in [5.41, 5.74) is 1.23. The van der Waals surface area contributed by atoms with Gasteiger partial charge in [0.25, 0.3) is 0 Å². The average molecular weight is 183 g/mol. The number of rotatable bonds is 1. The summed E-state index contributed by atoms with van der Waals surface area (Å²) >= 11 is 0. The molecule has 0 radical (unpaired) electrons. The molecule has 0 saturated carbocycles. The summed E-state index contributed by atoms with van der Waals surface area (Å²) in [7, 11) is 0. The smallest absolute Gasteiger partial charge is 0 e. The SMILES string of the molecule is C=CC(C)=CC.[Ru]. The van der Waals surface area contributed by atoms with Gasteiger partial charge in [0.1, 0.15) is 0 Å². The van der Waals surface area contributed by atoms with E-state index in [4.69, 9.17) is 0 Å². The summed E-state index contributed by atoms with van der Waals surface area (Å²) in [5, 5.41) is 0. The zero-order valence-corrected chi connectivity index (χ0v) is 6.45. The minimum absolute atomic E-state index is 0. The molecule has 0 aliphatic carbocycles. The first-order valence-electron chi connectivity index (χ1n) is 2.06. The molecular weight excluding hydrogens is 173 g/mol. The molecule has 7 heavy (non-hydrogen) atoms. The molecule has 0 N–H and O–H groups in total. The van der Waals surface area contributed by atoms with E-state index in [1.165, 1.54) is 5.57 Å². The van der Waals surface area contributed by atoms with Crippen molar-refractivity contribution in [1.82, 2.24) is 0 Å². The Kier molecular flexibility index (Phi) is 8.86. The Morgan fingerprint density at radius 1 is 1.57 bits per heavy atom. The molecule has 0 aromatic rings. The maximum Gasteiger partial charge on any atom is 0 e. The molecule has 0 aliphatic rings. The van der Waals surface area contributed by atoms with Crippen LogP contribution < -0.4 is 0 Å². The van der Waals surface area contributed by atoms with Crippen LogP contribution in [0.4, 0.5) is 0 Å². The Balaban J connectivity index is 0. The van der Waals surface area contributed by atoms with Crippen LogP contribution in [0.3, 0.4) is 0 Å². The number of allylic oxidation sites excluding steroid dienone is 3. The van der Waals surface area contributed by atoms with Crippen LogP contribution in [0, 0.1) is 0 Å². The molecule has 0 unspecified atom stereocenters. The standard InChI is InChI=1S/C6H10.Ru/c1-4-6(3)5-2;/h4-5H,1H2,2-3H3;. The molecule has 0 atom stereocenters. The molecule has 0 aliphatic heterocycles. The molecule has 0 heterocycles. The minimum atomic E-state index is 0. The summed E-state index contributed by atoms with van der Waals surface area (Å²) in [4.78, 5) is 0. The van der Waals surface area contributed by atoms with Gasteiger partial charge in [0.15, 0.2) is 0 Å². The van der Waals surface area contributed by atoms with Gasteiger partial charge in [-0.15, -0.1) is 0 Å². The fourth-order valence-electron chi connectivity index (χ4n) is 0.118. The summed E-state index contributed by atoms with van der Waals surface area (Å²) in [5.74, 6) is 0. The molecule has 42 valence electrons. The van der Waals surface area contributed by atoms with Crippen molar-refractivity contribution in [3.63, 3.8) is 0 Å². The third-order valence-electron chi connectivity index (χ3n) is 0.777. The van der Waals surface area contributed by atoms with Gasteiger partial charge < -0.3 is 0 Å². The van der Waals surface area contributed by atoms with Crippen LogP contribution in [0.1, 0.15) is 13.8 Å². The Labute approximate surface area is 58.1 Å². The Morgan fingerprint density at radius 2 is 2.00 bits per heavy atom. The van der Waals surface area contributed by atoms with E-state index in [2.05, 4.69) is 6.58 Å². The van der Waals surface area contributed by atoms with Crippen molar-refractivity contribution in [3.05, 3.63) is 24.3 Å². The van der Waals surface area contributed by atoms with E-state index in [1.54, 1.807) is 0 Å². The van der Waals surface area contributed by atoms with Gasteiger partial charge in [-0.2, -0.15) is 0 Å². The molecule has 0 saturated heterocycles. The first-order valence-corrected chi connectivity index (χ1v) is 2.06. The van der Waals surface area contributed by atoms with Crippen LogP contribution in [-0.4, -0.2) is 0 Å². The maximum absolute atomic E-state index is 3.56. The summed E-state index contributed by atoms with van der Waals surface area (Å²) in [6.07, 6.45) is 3.85. The van der Waals surface area contributed by atoms with E-state index in [1.807, 2.05) is 26.0 Å². The van der Waals surface area contributed by atoms with Crippen LogP contribution in [0.2, 0.25) is 0 Å². The zero-order chi connectivity index (χ0) is 4.99. The van der Waals surface area contributed by atoms with E-state index in [-0.39, 0.29) is 19.5 Å². The predicted octanol–water partition coefficient (Wildman–Crippen LogP) is 2.14. The van der Waals surface area contributed by atoms with Gasteiger partial charge in [-0.3, -0.25) is 0 Å². The second-order valence-electron chi connectivity index (χ2n) is 1.24. The van der Waals surface area contributed by atoms with Crippen LogP contribution in [0.15, 0.2) is 24.3 Å². The van der Waals surface area contributed by atoms with Gasteiger partial charge in [0, 0.05) is 19.5 Å². The van der Waals surface area contributed by atoms with Crippen LogP contribution in [0.25, 0.3) is 0 Å². The Hall–Kier alpha value is 0.103. The monoisotopic (exact) mass is 184 g/mol. The van der Waals surface area contributed by atoms with Crippen molar-refractivity contribution in [3.8, 4) is 0 Å². The summed E-state index contributed by atoms with van der Waals surface area (Å²) < 4.78 is 0. The van der Waals surface area contributed by atoms with Crippen molar-refractivity contribution >= 4 is 0 Å². The van der Waals surface area contributed by atoms with E-state index in [9.17, 15) is 0 Å². The average Bonchev–Trinajstić information content (AvgIpc) is 1.65. The van der Waals surface area contributed by atoms with Crippen molar-refractivity contribution in [2.75, 3.05) is 0 Å². The van der Waals surface area contributed by atoms with Crippen molar-refractivity contribution in [2.24, 2.45) is 0 Å². The van der Waals surface area contributed by atoms with Crippen molar-refractivity contribution in [1.29, 1.82) is 0 Å². The van der Waals surface area contributed by atoms with Crippen LogP contribution in [0.5, 0.6) is 0 Å². The minimum Gasteiger partial charge on any atom is -0.0988 e. The molecule has 0 spiro atoms. The van der Waals surface area contributed by atoms with Gasteiger partial charge in [0.05, 0.1) is 0 Å². The van der Waals surface area contributed by atoms with E-state index in [0.29, 0.717) is 0 Å². The van der Waals surface area contributed by atoms with E-state index >= 15 is 0 Å². The summed E-state index contributed by atoms with van der Waals surface area (Å²) in [6, 6.07) is 0. The summed E-state index contributed by atoms with van der Waals surface area (Å²) in [6.45, 7) is 7.58. The van der Waals surface area contributed by atoms with Crippen molar-refractivity contribution < 1.29 is 19.5 Å². The van der Waals surface area contributed by atoms with E-state index in [0.717, 1.165) is 0 Å².